The molecule has 7 heteroatoms. The van der Waals surface area contributed by atoms with Gasteiger partial charge in [0.25, 0.3) is 0 Å². The van der Waals surface area contributed by atoms with Crippen LogP contribution in [0.15, 0.2) is 56.5 Å². The lowest BCUT2D eigenvalue weighted by atomic mass is 10.0. The Hall–Kier alpha value is -1.99. The molecule has 2 heterocycles. The van der Waals surface area contributed by atoms with Crippen molar-refractivity contribution in [2.45, 2.75) is 31.9 Å². The Kier molecular flexibility index (Phi) is 6.44. The van der Waals surface area contributed by atoms with E-state index in [0.717, 1.165) is 30.5 Å². The molecule has 2 unspecified atom stereocenters. The minimum Gasteiger partial charge on any atom is -0.466 e. The molecule has 0 spiro atoms. The topological polar surface area (TPSA) is 73.0 Å². The van der Waals surface area contributed by atoms with E-state index in [9.17, 15) is 5.11 Å². The summed E-state index contributed by atoms with van der Waals surface area (Å²) in [4.78, 5) is 6.94. The molecule has 0 aliphatic carbocycles. The summed E-state index contributed by atoms with van der Waals surface area (Å²) in [6.45, 7) is 6.62. The van der Waals surface area contributed by atoms with Crippen LogP contribution in [-0.2, 0) is 5.60 Å². The molecule has 0 bridgehead atoms. The van der Waals surface area contributed by atoms with Gasteiger partial charge in [0.1, 0.15) is 11.4 Å². The second-order valence-electron chi connectivity index (χ2n) is 6.97. The van der Waals surface area contributed by atoms with Crippen molar-refractivity contribution in [2.24, 2.45) is 4.99 Å². The highest BCUT2D eigenvalue weighted by Gasteiger charge is 2.27. The van der Waals surface area contributed by atoms with Crippen LogP contribution in [-0.4, -0.2) is 43.3 Å². The number of halogens is 1. The van der Waals surface area contributed by atoms with Gasteiger partial charge in [-0.05, 0) is 60.5 Å². The Bertz CT molecular complexity index is 761. The molecular formula is C20H27BrN4O2. The first-order valence-corrected chi connectivity index (χ1v) is 10.1. The molecule has 27 heavy (non-hydrogen) atoms. The van der Waals surface area contributed by atoms with Crippen LogP contribution in [0.4, 0.5) is 5.69 Å². The maximum atomic E-state index is 10.6. The van der Waals surface area contributed by atoms with Crippen molar-refractivity contribution in [1.29, 1.82) is 0 Å². The van der Waals surface area contributed by atoms with Crippen molar-refractivity contribution < 1.29 is 9.52 Å². The van der Waals surface area contributed by atoms with Gasteiger partial charge in [-0.1, -0.05) is 12.1 Å². The molecule has 0 radical (unpaired) electrons. The molecule has 6 nitrogen and oxygen atoms in total. The number of nitrogens with zero attached hydrogens (tertiary/aromatic N) is 2. The van der Waals surface area contributed by atoms with Gasteiger partial charge in [-0.3, -0.25) is 0 Å². The van der Waals surface area contributed by atoms with Gasteiger partial charge in [-0.15, -0.1) is 0 Å². The fourth-order valence-electron chi connectivity index (χ4n) is 3.21. The number of rotatable bonds is 6. The molecule has 3 N–H and O–H groups in total. The number of hydrogen-bond donors (Lipinski definition) is 3. The van der Waals surface area contributed by atoms with Crippen molar-refractivity contribution in [1.82, 2.24) is 10.6 Å². The standard InChI is InChI=1S/C20H27BrN4O2/c1-3-22-19(23-14-20(2,26)18-9-6-12-27-18)24-15-10-11-25(13-15)17-8-5-4-7-16(17)21/h4-9,12,15,26H,3,10-11,13-14H2,1-2H3,(H2,22,23,24). The summed E-state index contributed by atoms with van der Waals surface area (Å²) in [5.74, 6) is 1.23. The van der Waals surface area contributed by atoms with Crippen molar-refractivity contribution in [3.8, 4) is 0 Å². The minimum absolute atomic E-state index is 0.219. The summed E-state index contributed by atoms with van der Waals surface area (Å²) in [5, 5.41) is 17.4. The molecule has 146 valence electrons. The predicted octanol–water partition coefficient (Wildman–Crippen LogP) is 3.08. The van der Waals surface area contributed by atoms with Crippen LogP contribution in [0.25, 0.3) is 0 Å². The maximum Gasteiger partial charge on any atom is 0.191 e. The number of nitrogens with one attached hydrogen (secondary N) is 2. The Morgan fingerprint density at radius 1 is 1.37 bits per heavy atom. The lowest BCUT2D eigenvalue weighted by molar-refractivity contribution is 0.0437. The number of anilines is 1. The number of hydrogen-bond acceptors (Lipinski definition) is 4. The smallest absolute Gasteiger partial charge is 0.191 e. The first-order chi connectivity index (χ1) is 13.0. The molecule has 3 rings (SSSR count). The molecule has 1 aliphatic heterocycles. The third kappa shape index (κ3) is 5.05. The van der Waals surface area contributed by atoms with E-state index >= 15 is 0 Å². The molecule has 2 atom stereocenters. The summed E-state index contributed by atoms with van der Waals surface area (Å²) < 4.78 is 6.44. The van der Waals surface area contributed by atoms with E-state index in [1.165, 1.54) is 5.69 Å². The van der Waals surface area contributed by atoms with Crippen molar-refractivity contribution in [3.05, 3.63) is 52.9 Å². The van der Waals surface area contributed by atoms with E-state index in [4.69, 9.17) is 4.42 Å². The maximum absolute atomic E-state index is 10.6. The summed E-state index contributed by atoms with van der Waals surface area (Å²) in [6, 6.07) is 12.1. The highest BCUT2D eigenvalue weighted by molar-refractivity contribution is 9.10. The van der Waals surface area contributed by atoms with Gasteiger partial charge in [-0.25, -0.2) is 4.99 Å². The first-order valence-electron chi connectivity index (χ1n) is 9.30. The van der Waals surface area contributed by atoms with Crippen molar-refractivity contribution >= 4 is 27.6 Å². The highest BCUT2D eigenvalue weighted by atomic mass is 79.9. The van der Waals surface area contributed by atoms with Crippen LogP contribution in [0.5, 0.6) is 0 Å². The van der Waals surface area contributed by atoms with Gasteiger partial charge in [0.15, 0.2) is 5.96 Å². The number of guanidine groups is 1. The van der Waals surface area contributed by atoms with E-state index in [0.29, 0.717) is 17.8 Å². The zero-order chi connectivity index (χ0) is 19.3. The fourth-order valence-corrected chi connectivity index (χ4v) is 3.75. The molecule has 0 amide bonds. The lowest BCUT2D eigenvalue weighted by Crippen LogP contribution is -2.45. The molecule has 1 aromatic carbocycles. The van der Waals surface area contributed by atoms with E-state index < -0.39 is 5.60 Å². The molecular weight excluding hydrogens is 408 g/mol. The number of benzene rings is 1. The predicted molar refractivity (Wildman–Crippen MR) is 112 cm³/mol. The minimum atomic E-state index is -1.14. The molecule has 1 fully saturated rings. The normalized spacial score (nSPS) is 19.8. The Morgan fingerprint density at radius 2 is 2.19 bits per heavy atom. The summed E-state index contributed by atoms with van der Waals surface area (Å²) in [7, 11) is 0. The van der Waals surface area contributed by atoms with Gasteiger partial charge >= 0.3 is 0 Å². The van der Waals surface area contributed by atoms with Crippen LogP contribution >= 0.6 is 15.9 Å². The average Bonchev–Trinajstić information content (AvgIpc) is 3.33. The fraction of sp³-hybridized carbons (Fsp3) is 0.450. The molecule has 1 aromatic heterocycles. The van der Waals surface area contributed by atoms with Crippen LogP contribution in [0.2, 0.25) is 0 Å². The largest absolute Gasteiger partial charge is 0.466 e. The van der Waals surface area contributed by atoms with Crippen molar-refractivity contribution in [3.63, 3.8) is 0 Å². The van der Waals surface area contributed by atoms with Gasteiger partial charge < -0.3 is 25.1 Å². The van der Waals surface area contributed by atoms with E-state index in [-0.39, 0.29) is 6.54 Å². The number of furan rings is 1. The molecule has 1 saturated heterocycles. The molecule has 1 aliphatic rings. The second kappa shape index (κ2) is 8.80. The number of aliphatic imine (C=N–C) groups is 1. The lowest BCUT2D eigenvalue weighted by Gasteiger charge is -2.22. The van der Waals surface area contributed by atoms with Gasteiger partial charge in [0.2, 0.25) is 0 Å². The van der Waals surface area contributed by atoms with Crippen LogP contribution in [0.3, 0.4) is 0 Å². The third-order valence-corrected chi connectivity index (χ3v) is 5.33. The zero-order valence-corrected chi connectivity index (χ0v) is 17.4. The second-order valence-corrected chi connectivity index (χ2v) is 7.83. The monoisotopic (exact) mass is 434 g/mol. The van der Waals surface area contributed by atoms with E-state index in [1.54, 1.807) is 25.3 Å². The molecule has 0 saturated carbocycles. The Labute approximate surface area is 168 Å². The van der Waals surface area contributed by atoms with Gasteiger partial charge in [0.05, 0.1) is 18.5 Å². The summed E-state index contributed by atoms with van der Waals surface area (Å²) >= 11 is 3.63. The molecule has 2 aromatic rings. The average molecular weight is 435 g/mol. The number of aliphatic hydroxyl groups is 1. The number of para-hydroxylation sites is 1. The SMILES string of the molecule is CCNC(=NCC(C)(O)c1ccco1)NC1CCN(c2ccccc2Br)C1. The summed E-state index contributed by atoms with van der Waals surface area (Å²) in [5.41, 5.74) is 0.0760. The quantitative estimate of drug-likeness (QED) is 0.481. The van der Waals surface area contributed by atoms with Crippen LogP contribution in [0.1, 0.15) is 26.0 Å². The van der Waals surface area contributed by atoms with Gasteiger partial charge in [-0.2, -0.15) is 0 Å². The third-order valence-electron chi connectivity index (χ3n) is 4.66. The van der Waals surface area contributed by atoms with Gasteiger partial charge in [0, 0.05) is 30.1 Å². The zero-order valence-electron chi connectivity index (χ0n) is 15.8. The van der Waals surface area contributed by atoms with E-state index in [1.807, 2.05) is 13.0 Å². The Morgan fingerprint density at radius 3 is 2.89 bits per heavy atom. The van der Waals surface area contributed by atoms with E-state index in [2.05, 4.69) is 54.7 Å². The Balaban J connectivity index is 1.62. The van der Waals surface area contributed by atoms with Crippen molar-refractivity contribution in [2.75, 3.05) is 31.1 Å². The summed E-state index contributed by atoms with van der Waals surface area (Å²) in [6.07, 6.45) is 2.59. The van der Waals surface area contributed by atoms with Crippen LogP contribution in [0, 0.1) is 0 Å². The first kappa shape index (κ1) is 19.8. The highest BCUT2D eigenvalue weighted by Crippen LogP contribution is 2.28. The van der Waals surface area contributed by atoms with Crippen LogP contribution < -0.4 is 15.5 Å².